The van der Waals surface area contributed by atoms with Crippen molar-refractivity contribution in [3.05, 3.63) is 11.4 Å². The van der Waals surface area contributed by atoms with Crippen LogP contribution in [0.5, 0.6) is 0 Å². The van der Waals surface area contributed by atoms with E-state index in [2.05, 4.69) is 10.2 Å². The monoisotopic (exact) mass is 314 g/mol. The fourth-order valence-corrected chi connectivity index (χ4v) is 3.79. The summed E-state index contributed by atoms with van der Waals surface area (Å²) >= 11 is 0. The number of rotatable bonds is 3. The normalized spacial score (nSPS) is 20.3. The number of nitrogens with two attached hydrogens (primary N) is 1. The lowest BCUT2D eigenvalue weighted by atomic mass is 10.1. The Morgan fingerprint density at radius 2 is 2.14 bits per heavy atom. The molecule has 1 saturated heterocycles. The second-order valence-corrected chi connectivity index (χ2v) is 6.98. The molecule has 2 heterocycles. The molecule has 1 aromatic heterocycles. The predicted octanol–water partition coefficient (Wildman–Crippen LogP) is 1.16. The molecule has 0 bridgehead atoms. The Morgan fingerprint density at radius 1 is 1.43 bits per heavy atom. The van der Waals surface area contributed by atoms with Gasteiger partial charge >= 0.3 is 0 Å². The Hall–Kier alpha value is -1.41. The van der Waals surface area contributed by atoms with E-state index in [9.17, 15) is 13.2 Å². The molecule has 21 heavy (non-hydrogen) atoms. The highest BCUT2D eigenvalue weighted by atomic mass is 32.2. The zero-order valence-electron chi connectivity index (χ0n) is 12.4. The highest BCUT2D eigenvalue weighted by Gasteiger charge is 2.32. The number of nitrogens with one attached hydrogen (secondary N) is 1. The van der Waals surface area contributed by atoms with Gasteiger partial charge in [0.2, 0.25) is 10.0 Å². The van der Waals surface area contributed by atoms with E-state index >= 15 is 0 Å². The summed E-state index contributed by atoms with van der Waals surface area (Å²) in [6.07, 6.45) is 4.89. The maximum atomic E-state index is 12.7. The molecule has 0 spiro atoms. The van der Waals surface area contributed by atoms with Crippen LogP contribution in [-0.4, -0.2) is 42.0 Å². The number of aromatic amines is 1. The van der Waals surface area contributed by atoms with Crippen LogP contribution >= 0.6 is 0 Å². The van der Waals surface area contributed by atoms with Gasteiger partial charge in [-0.1, -0.05) is 19.8 Å². The van der Waals surface area contributed by atoms with Crippen LogP contribution in [0.2, 0.25) is 0 Å². The Labute approximate surface area is 124 Å². The maximum absolute atomic E-state index is 12.7. The second kappa shape index (κ2) is 6.15. The van der Waals surface area contributed by atoms with E-state index in [4.69, 9.17) is 5.14 Å². The van der Waals surface area contributed by atoms with Crippen LogP contribution in [-0.2, 0) is 10.0 Å². The standard InChI is InChI=1S/C13H22N4O3S/c1-3-10-7-5-4-6-8-17(10)13(18)11-12(21(14,19)20)9(2)15-16-11/h10H,3-8H2,1-2H3,(H,15,16)(H2,14,19,20). The number of amides is 1. The van der Waals surface area contributed by atoms with Gasteiger partial charge in [0, 0.05) is 12.6 Å². The molecule has 0 aromatic carbocycles. The zero-order chi connectivity index (χ0) is 15.6. The molecule has 118 valence electrons. The smallest absolute Gasteiger partial charge is 0.276 e. The topological polar surface area (TPSA) is 109 Å². The van der Waals surface area contributed by atoms with Crippen molar-refractivity contribution in [1.29, 1.82) is 0 Å². The molecule has 8 heteroatoms. The van der Waals surface area contributed by atoms with Gasteiger partial charge < -0.3 is 4.90 Å². The molecule has 0 radical (unpaired) electrons. The Bertz CT molecular complexity index is 623. The van der Waals surface area contributed by atoms with Gasteiger partial charge in [0.25, 0.3) is 5.91 Å². The minimum absolute atomic E-state index is 0.0876. The first-order valence-electron chi connectivity index (χ1n) is 7.25. The van der Waals surface area contributed by atoms with Gasteiger partial charge in [0.1, 0.15) is 4.90 Å². The number of nitrogens with zero attached hydrogens (tertiary/aromatic N) is 2. The van der Waals surface area contributed by atoms with Gasteiger partial charge in [-0.15, -0.1) is 0 Å². The lowest BCUT2D eigenvalue weighted by Gasteiger charge is -2.28. The van der Waals surface area contributed by atoms with Crippen molar-refractivity contribution in [2.45, 2.75) is 56.9 Å². The van der Waals surface area contributed by atoms with Crippen molar-refractivity contribution >= 4 is 15.9 Å². The number of primary sulfonamides is 1. The molecule has 1 atom stereocenters. The summed E-state index contributed by atoms with van der Waals surface area (Å²) < 4.78 is 23.4. The summed E-state index contributed by atoms with van der Waals surface area (Å²) in [6, 6.07) is 0.130. The number of carbonyl (C=O) groups is 1. The quantitative estimate of drug-likeness (QED) is 0.872. The summed E-state index contributed by atoms with van der Waals surface area (Å²) in [7, 11) is -3.98. The number of hydrogen-bond donors (Lipinski definition) is 2. The second-order valence-electron chi connectivity index (χ2n) is 5.48. The number of hydrogen-bond acceptors (Lipinski definition) is 4. The van der Waals surface area contributed by atoms with Crippen LogP contribution in [0.25, 0.3) is 0 Å². The molecule has 3 N–H and O–H groups in total. The van der Waals surface area contributed by atoms with Crippen molar-refractivity contribution in [3.63, 3.8) is 0 Å². The van der Waals surface area contributed by atoms with Crippen LogP contribution in [0.15, 0.2) is 4.90 Å². The summed E-state index contributed by atoms with van der Waals surface area (Å²) in [6.45, 7) is 4.21. The van der Waals surface area contributed by atoms with Gasteiger partial charge in [-0.3, -0.25) is 9.89 Å². The van der Waals surface area contributed by atoms with E-state index in [0.717, 1.165) is 32.1 Å². The summed E-state index contributed by atoms with van der Waals surface area (Å²) in [5.41, 5.74) is 0.207. The molecular formula is C13H22N4O3S. The van der Waals surface area contributed by atoms with E-state index in [0.29, 0.717) is 12.2 Å². The third-order valence-corrected chi connectivity index (χ3v) is 5.06. The lowest BCUT2D eigenvalue weighted by Crippen LogP contribution is -2.40. The molecule has 1 aliphatic heterocycles. The molecule has 2 rings (SSSR count). The first kappa shape index (κ1) is 16.0. The maximum Gasteiger partial charge on any atom is 0.276 e. The Balaban J connectivity index is 2.39. The third-order valence-electron chi connectivity index (χ3n) is 3.99. The Morgan fingerprint density at radius 3 is 2.76 bits per heavy atom. The largest absolute Gasteiger partial charge is 0.334 e. The van der Waals surface area contributed by atoms with Gasteiger partial charge in [0.15, 0.2) is 5.69 Å². The van der Waals surface area contributed by atoms with Crippen molar-refractivity contribution in [3.8, 4) is 0 Å². The highest BCUT2D eigenvalue weighted by Crippen LogP contribution is 2.24. The molecule has 1 aromatic rings. The highest BCUT2D eigenvalue weighted by molar-refractivity contribution is 7.89. The minimum atomic E-state index is -3.98. The summed E-state index contributed by atoms with van der Waals surface area (Å²) in [5.74, 6) is -0.350. The first-order chi connectivity index (χ1) is 9.86. The van der Waals surface area contributed by atoms with Crippen molar-refractivity contribution in [2.24, 2.45) is 5.14 Å². The number of aromatic nitrogens is 2. The predicted molar refractivity (Wildman–Crippen MR) is 78.3 cm³/mol. The minimum Gasteiger partial charge on any atom is -0.334 e. The molecule has 1 amide bonds. The van der Waals surface area contributed by atoms with E-state index in [1.807, 2.05) is 6.92 Å². The number of aryl methyl sites for hydroxylation is 1. The van der Waals surface area contributed by atoms with Gasteiger partial charge in [-0.25, -0.2) is 13.6 Å². The Kier molecular flexibility index (Phi) is 4.67. The molecule has 1 fully saturated rings. The SMILES string of the molecule is CCC1CCCCCN1C(=O)c1n[nH]c(C)c1S(N)(=O)=O. The third kappa shape index (κ3) is 3.26. The molecule has 1 aliphatic rings. The van der Waals surface area contributed by atoms with Crippen LogP contribution in [0.4, 0.5) is 0 Å². The lowest BCUT2D eigenvalue weighted by molar-refractivity contribution is 0.0668. The molecule has 1 unspecified atom stereocenters. The number of carbonyl (C=O) groups excluding carboxylic acids is 1. The van der Waals surface area contributed by atoms with Crippen LogP contribution in [0.1, 0.15) is 55.2 Å². The number of H-pyrrole nitrogens is 1. The fraction of sp³-hybridized carbons (Fsp3) is 0.692. The van der Waals surface area contributed by atoms with Crippen LogP contribution in [0, 0.1) is 6.92 Å². The zero-order valence-corrected chi connectivity index (χ0v) is 13.2. The number of sulfonamides is 1. The fourth-order valence-electron chi connectivity index (χ4n) is 2.92. The van der Waals surface area contributed by atoms with Crippen molar-refractivity contribution < 1.29 is 13.2 Å². The average Bonchev–Trinajstić information content (AvgIpc) is 2.67. The van der Waals surface area contributed by atoms with E-state index in [1.54, 1.807) is 11.8 Å². The first-order valence-corrected chi connectivity index (χ1v) is 8.79. The van der Waals surface area contributed by atoms with Gasteiger partial charge in [0.05, 0.1) is 5.69 Å². The van der Waals surface area contributed by atoms with E-state index < -0.39 is 10.0 Å². The number of likely N-dealkylation sites (tertiary alicyclic amines) is 1. The molecule has 0 aliphatic carbocycles. The van der Waals surface area contributed by atoms with E-state index in [1.165, 1.54) is 0 Å². The molecular weight excluding hydrogens is 292 g/mol. The van der Waals surface area contributed by atoms with Gasteiger partial charge in [-0.05, 0) is 26.2 Å². The molecule has 0 saturated carbocycles. The van der Waals surface area contributed by atoms with Gasteiger partial charge in [-0.2, -0.15) is 5.10 Å². The van der Waals surface area contributed by atoms with E-state index in [-0.39, 0.29) is 22.5 Å². The van der Waals surface area contributed by atoms with Crippen LogP contribution < -0.4 is 5.14 Å². The van der Waals surface area contributed by atoms with Crippen LogP contribution in [0.3, 0.4) is 0 Å². The average molecular weight is 314 g/mol. The van der Waals surface area contributed by atoms with Crippen molar-refractivity contribution in [2.75, 3.05) is 6.54 Å². The summed E-state index contributed by atoms with van der Waals surface area (Å²) in [4.78, 5) is 14.3. The molecule has 7 nitrogen and oxygen atoms in total. The van der Waals surface area contributed by atoms with Crippen molar-refractivity contribution in [1.82, 2.24) is 15.1 Å². The summed E-state index contributed by atoms with van der Waals surface area (Å²) in [5, 5.41) is 11.6.